The van der Waals surface area contributed by atoms with E-state index in [2.05, 4.69) is 5.32 Å². The van der Waals surface area contributed by atoms with Crippen molar-refractivity contribution >= 4 is 23.4 Å². The molecule has 2 aromatic carbocycles. The molecule has 0 atom stereocenters. The number of para-hydroxylation sites is 1. The number of carbonyl (C=O) groups is 1. The summed E-state index contributed by atoms with van der Waals surface area (Å²) >= 11 is 0. The Kier molecular flexibility index (Phi) is 4.68. The smallest absolute Gasteiger partial charge is 0.269 e. The SMILES string of the molecule is Cc1cccc(C)c1NC(=O)/C=C/c1ccc([N+](=O)[O-])cc1. The van der Waals surface area contributed by atoms with Crippen molar-refractivity contribution in [1.29, 1.82) is 0 Å². The maximum absolute atomic E-state index is 12.0. The average Bonchev–Trinajstić information content (AvgIpc) is 2.49. The van der Waals surface area contributed by atoms with E-state index in [1.165, 1.54) is 18.2 Å². The molecule has 1 N–H and O–H groups in total. The van der Waals surface area contributed by atoms with Gasteiger partial charge in [0.05, 0.1) is 4.92 Å². The van der Waals surface area contributed by atoms with E-state index >= 15 is 0 Å². The molecule has 2 rings (SSSR count). The molecular weight excluding hydrogens is 280 g/mol. The van der Waals surface area contributed by atoms with E-state index in [0.29, 0.717) is 0 Å². The molecule has 0 aliphatic carbocycles. The first-order chi connectivity index (χ1) is 10.5. The lowest BCUT2D eigenvalue weighted by Crippen LogP contribution is -2.10. The van der Waals surface area contributed by atoms with Gasteiger partial charge in [-0.15, -0.1) is 0 Å². The Hall–Kier alpha value is -2.95. The molecular formula is C17H16N2O3. The van der Waals surface area contributed by atoms with Gasteiger partial charge >= 0.3 is 0 Å². The second-order valence-corrected chi connectivity index (χ2v) is 4.94. The normalized spacial score (nSPS) is 10.6. The van der Waals surface area contributed by atoms with Gasteiger partial charge in [0.1, 0.15) is 0 Å². The van der Waals surface area contributed by atoms with Crippen molar-refractivity contribution in [2.45, 2.75) is 13.8 Å². The van der Waals surface area contributed by atoms with Gasteiger partial charge in [-0.05, 0) is 48.7 Å². The Morgan fingerprint density at radius 1 is 1.09 bits per heavy atom. The standard InChI is InChI=1S/C17H16N2O3/c1-12-4-3-5-13(2)17(12)18-16(20)11-8-14-6-9-15(10-7-14)19(21)22/h3-11H,1-2H3,(H,18,20)/b11-8+. The second-order valence-electron chi connectivity index (χ2n) is 4.94. The Balaban J connectivity index is 2.07. The summed E-state index contributed by atoms with van der Waals surface area (Å²) in [5.41, 5.74) is 3.55. The number of anilines is 1. The highest BCUT2D eigenvalue weighted by Crippen LogP contribution is 2.19. The number of amides is 1. The molecule has 0 bridgehead atoms. The predicted molar refractivity (Wildman–Crippen MR) is 86.7 cm³/mol. The van der Waals surface area contributed by atoms with Gasteiger partial charge < -0.3 is 5.32 Å². The van der Waals surface area contributed by atoms with Gasteiger partial charge in [-0.1, -0.05) is 18.2 Å². The van der Waals surface area contributed by atoms with Crippen LogP contribution < -0.4 is 5.32 Å². The number of nitrogens with one attached hydrogen (secondary N) is 1. The van der Waals surface area contributed by atoms with Crippen LogP contribution in [0.4, 0.5) is 11.4 Å². The molecule has 0 fully saturated rings. The highest BCUT2D eigenvalue weighted by Gasteiger charge is 2.05. The van der Waals surface area contributed by atoms with Crippen molar-refractivity contribution in [3.8, 4) is 0 Å². The van der Waals surface area contributed by atoms with Crippen LogP contribution in [-0.2, 0) is 4.79 Å². The lowest BCUT2D eigenvalue weighted by Gasteiger charge is -2.09. The van der Waals surface area contributed by atoms with Crippen molar-refractivity contribution in [3.63, 3.8) is 0 Å². The van der Waals surface area contributed by atoms with Gasteiger partial charge in [0.25, 0.3) is 5.69 Å². The molecule has 0 heterocycles. The van der Waals surface area contributed by atoms with E-state index in [4.69, 9.17) is 0 Å². The summed E-state index contributed by atoms with van der Waals surface area (Å²) in [6, 6.07) is 11.8. The van der Waals surface area contributed by atoms with Crippen LogP contribution in [-0.4, -0.2) is 10.8 Å². The summed E-state index contributed by atoms with van der Waals surface area (Å²) in [6.45, 7) is 3.87. The van der Waals surface area contributed by atoms with Crippen LogP contribution in [0.15, 0.2) is 48.5 Å². The molecule has 0 aromatic heterocycles. The van der Waals surface area contributed by atoms with Crippen molar-refractivity contribution in [1.82, 2.24) is 0 Å². The zero-order valence-electron chi connectivity index (χ0n) is 12.4. The number of aryl methyl sites for hydroxylation is 2. The van der Waals surface area contributed by atoms with Crippen molar-refractivity contribution in [3.05, 3.63) is 75.3 Å². The number of nitro groups is 1. The van der Waals surface area contributed by atoms with Crippen molar-refractivity contribution in [2.75, 3.05) is 5.32 Å². The molecule has 0 saturated heterocycles. The zero-order valence-corrected chi connectivity index (χ0v) is 12.4. The summed E-state index contributed by atoms with van der Waals surface area (Å²) in [5.74, 6) is -0.240. The fourth-order valence-electron chi connectivity index (χ4n) is 2.06. The number of carbonyl (C=O) groups excluding carboxylic acids is 1. The number of nitro benzene ring substituents is 1. The van der Waals surface area contributed by atoms with Gasteiger partial charge in [-0.3, -0.25) is 14.9 Å². The molecule has 0 aliphatic heterocycles. The van der Waals surface area contributed by atoms with E-state index in [1.807, 2.05) is 32.0 Å². The Labute approximate surface area is 128 Å². The van der Waals surface area contributed by atoms with E-state index < -0.39 is 4.92 Å². The minimum absolute atomic E-state index is 0.0251. The van der Waals surface area contributed by atoms with E-state index in [-0.39, 0.29) is 11.6 Å². The lowest BCUT2D eigenvalue weighted by molar-refractivity contribution is -0.384. The Bertz CT molecular complexity index is 714. The molecule has 5 heteroatoms. The van der Waals surface area contributed by atoms with Crippen LogP contribution in [0.3, 0.4) is 0 Å². The van der Waals surface area contributed by atoms with Gasteiger partial charge in [0, 0.05) is 23.9 Å². The highest BCUT2D eigenvalue weighted by molar-refractivity contribution is 6.02. The average molecular weight is 296 g/mol. The van der Waals surface area contributed by atoms with Crippen LogP contribution in [0, 0.1) is 24.0 Å². The first kappa shape index (κ1) is 15.4. The maximum Gasteiger partial charge on any atom is 0.269 e. The third kappa shape index (κ3) is 3.79. The van der Waals surface area contributed by atoms with Gasteiger partial charge in [-0.25, -0.2) is 0 Å². The molecule has 0 unspecified atom stereocenters. The summed E-state index contributed by atoms with van der Waals surface area (Å²) in [7, 11) is 0. The molecule has 0 aliphatic rings. The predicted octanol–water partition coefficient (Wildman–Crippen LogP) is 3.86. The second kappa shape index (κ2) is 6.67. The van der Waals surface area contributed by atoms with E-state index in [9.17, 15) is 14.9 Å². The van der Waals surface area contributed by atoms with Crippen LogP contribution in [0.25, 0.3) is 6.08 Å². The third-order valence-corrected chi connectivity index (χ3v) is 3.26. The first-order valence-electron chi connectivity index (χ1n) is 6.77. The molecule has 0 spiro atoms. The topological polar surface area (TPSA) is 72.2 Å². The van der Waals surface area contributed by atoms with Gasteiger partial charge in [0.2, 0.25) is 5.91 Å². The maximum atomic E-state index is 12.0. The molecule has 1 amide bonds. The van der Waals surface area contributed by atoms with Crippen LogP contribution in [0.2, 0.25) is 0 Å². The Morgan fingerprint density at radius 2 is 1.68 bits per heavy atom. The number of non-ortho nitro benzene ring substituents is 1. The van der Waals surface area contributed by atoms with Gasteiger partial charge in [0.15, 0.2) is 0 Å². The monoisotopic (exact) mass is 296 g/mol. The van der Waals surface area contributed by atoms with Crippen LogP contribution >= 0.6 is 0 Å². The number of nitrogens with zero attached hydrogens (tertiary/aromatic N) is 1. The number of hydrogen-bond donors (Lipinski definition) is 1. The molecule has 0 saturated carbocycles. The quantitative estimate of drug-likeness (QED) is 0.529. The van der Waals surface area contributed by atoms with E-state index in [1.54, 1.807) is 18.2 Å². The largest absolute Gasteiger partial charge is 0.322 e. The van der Waals surface area contributed by atoms with Crippen LogP contribution in [0.5, 0.6) is 0 Å². The molecule has 2 aromatic rings. The zero-order chi connectivity index (χ0) is 16.1. The number of hydrogen-bond acceptors (Lipinski definition) is 3. The molecule has 22 heavy (non-hydrogen) atoms. The summed E-state index contributed by atoms with van der Waals surface area (Å²) < 4.78 is 0. The third-order valence-electron chi connectivity index (χ3n) is 3.26. The molecule has 0 radical (unpaired) electrons. The molecule has 112 valence electrons. The summed E-state index contributed by atoms with van der Waals surface area (Å²) in [5, 5.41) is 13.4. The summed E-state index contributed by atoms with van der Waals surface area (Å²) in [6.07, 6.45) is 3.03. The minimum atomic E-state index is -0.457. The fourth-order valence-corrected chi connectivity index (χ4v) is 2.06. The lowest BCUT2D eigenvalue weighted by atomic mass is 10.1. The van der Waals surface area contributed by atoms with Crippen LogP contribution in [0.1, 0.15) is 16.7 Å². The summed E-state index contributed by atoms with van der Waals surface area (Å²) in [4.78, 5) is 22.1. The molecule has 5 nitrogen and oxygen atoms in total. The number of rotatable bonds is 4. The van der Waals surface area contributed by atoms with Gasteiger partial charge in [-0.2, -0.15) is 0 Å². The fraction of sp³-hybridized carbons (Fsp3) is 0.118. The highest BCUT2D eigenvalue weighted by atomic mass is 16.6. The minimum Gasteiger partial charge on any atom is -0.322 e. The van der Waals surface area contributed by atoms with Crippen molar-refractivity contribution < 1.29 is 9.72 Å². The first-order valence-corrected chi connectivity index (χ1v) is 6.77. The number of benzene rings is 2. The van der Waals surface area contributed by atoms with E-state index in [0.717, 1.165) is 22.4 Å². The van der Waals surface area contributed by atoms with Crippen molar-refractivity contribution in [2.24, 2.45) is 0 Å². The Morgan fingerprint density at radius 3 is 2.23 bits per heavy atom.